The molecule has 3 rings (SSSR count). The van der Waals surface area contributed by atoms with Crippen molar-refractivity contribution < 1.29 is 9.53 Å². The standard InChI is InChI=1S/C20H23NO2S/c1-2-23-18-11-7-6-10-17(18)20(22)21-13-12-19(24-15-14-21)16-8-4-3-5-9-16/h3-11,19H,2,12-15H2,1H3. The van der Waals surface area contributed by atoms with Crippen LogP contribution in [0.2, 0.25) is 0 Å². The number of para-hydroxylation sites is 1. The molecule has 24 heavy (non-hydrogen) atoms. The maximum absolute atomic E-state index is 12.9. The summed E-state index contributed by atoms with van der Waals surface area (Å²) >= 11 is 1.94. The van der Waals surface area contributed by atoms with E-state index in [1.807, 2.05) is 53.9 Å². The zero-order chi connectivity index (χ0) is 16.8. The van der Waals surface area contributed by atoms with E-state index in [1.54, 1.807) is 0 Å². The van der Waals surface area contributed by atoms with Crippen LogP contribution < -0.4 is 4.74 Å². The van der Waals surface area contributed by atoms with Crippen molar-refractivity contribution in [2.45, 2.75) is 18.6 Å². The quantitative estimate of drug-likeness (QED) is 0.825. The Morgan fingerprint density at radius 2 is 1.88 bits per heavy atom. The van der Waals surface area contributed by atoms with Crippen LogP contribution >= 0.6 is 11.8 Å². The molecule has 1 aliphatic heterocycles. The monoisotopic (exact) mass is 341 g/mol. The molecule has 1 fully saturated rings. The Labute approximate surface area is 148 Å². The van der Waals surface area contributed by atoms with Gasteiger partial charge in [0.05, 0.1) is 12.2 Å². The van der Waals surface area contributed by atoms with Crippen LogP contribution in [0, 0.1) is 0 Å². The third-order valence-electron chi connectivity index (χ3n) is 4.22. The molecule has 1 saturated heterocycles. The lowest BCUT2D eigenvalue weighted by Gasteiger charge is -2.21. The van der Waals surface area contributed by atoms with E-state index in [0.29, 0.717) is 23.2 Å². The highest BCUT2D eigenvalue weighted by Crippen LogP contribution is 2.34. The normalized spacial score (nSPS) is 18.0. The van der Waals surface area contributed by atoms with E-state index in [-0.39, 0.29) is 5.91 Å². The van der Waals surface area contributed by atoms with Crippen molar-refractivity contribution in [3.8, 4) is 5.75 Å². The Bertz CT molecular complexity index is 674. The minimum atomic E-state index is 0.0772. The molecule has 1 heterocycles. The molecular formula is C20H23NO2S. The predicted octanol–water partition coefficient (Wildman–Crippen LogP) is 4.41. The molecule has 0 saturated carbocycles. The Morgan fingerprint density at radius 3 is 2.67 bits per heavy atom. The van der Waals surface area contributed by atoms with Gasteiger partial charge in [-0.25, -0.2) is 0 Å². The summed E-state index contributed by atoms with van der Waals surface area (Å²) < 4.78 is 5.62. The number of hydrogen-bond donors (Lipinski definition) is 0. The molecule has 0 aliphatic carbocycles. The number of amides is 1. The molecule has 0 radical (unpaired) electrons. The number of benzene rings is 2. The molecule has 3 nitrogen and oxygen atoms in total. The van der Waals surface area contributed by atoms with Crippen LogP contribution in [0.15, 0.2) is 54.6 Å². The fraction of sp³-hybridized carbons (Fsp3) is 0.350. The molecule has 0 aromatic heterocycles. The lowest BCUT2D eigenvalue weighted by atomic mass is 10.1. The first-order valence-corrected chi connectivity index (χ1v) is 9.52. The molecule has 1 unspecified atom stereocenters. The number of rotatable bonds is 4. The molecule has 0 N–H and O–H groups in total. The van der Waals surface area contributed by atoms with E-state index < -0.39 is 0 Å². The van der Waals surface area contributed by atoms with Gasteiger partial charge in [-0.2, -0.15) is 11.8 Å². The smallest absolute Gasteiger partial charge is 0.257 e. The van der Waals surface area contributed by atoms with E-state index in [2.05, 4.69) is 24.3 Å². The zero-order valence-corrected chi connectivity index (χ0v) is 14.8. The number of carbonyl (C=O) groups excluding carboxylic acids is 1. The highest BCUT2D eigenvalue weighted by Gasteiger charge is 2.24. The number of thioether (sulfide) groups is 1. The van der Waals surface area contributed by atoms with Gasteiger partial charge >= 0.3 is 0 Å². The number of ether oxygens (including phenoxy) is 1. The van der Waals surface area contributed by atoms with Crippen molar-refractivity contribution in [1.29, 1.82) is 0 Å². The van der Waals surface area contributed by atoms with Gasteiger partial charge in [0.2, 0.25) is 0 Å². The van der Waals surface area contributed by atoms with Crippen LogP contribution in [0.5, 0.6) is 5.75 Å². The van der Waals surface area contributed by atoms with Gasteiger partial charge in [-0.3, -0.25) is 4.79 Å². The van der Waals surface area contributed by atoms with Gasteiger partial charge in [0, 0.05) is 24.1 Å². The third kappa shape index (κ3) is 3.93. The van der Waals surface area contributed by atoms with Crippen molar-refractivity contribution in [3.05, 3.63) is 65.7 Å². The topological polar surface area (TPSA) is 29.5 Å². The first-order chi connectivity index (χ1) is 11.8. The molecule has 1 amide bonds. The van der Waals surface area contributed by atoms with Crippen molar-refractivity contribution in [2.75, 3.05) is 25.4 Å². The largest absolute Gasteiger partial charge is 0.493 e. The summed E-state index contributed by atoms with van der Waals surface area (Å²) in [6.07, 6.45) is 0.983. The number of carbonyl (C=O) groups is 1. The summed E-state index contributed by atoms with van der Waals surface area (Å²) in [7, 11) is 0. The maximum atomic E-state index is 12.9. The summed E-state index contributed by atoms with van der Waals surface area (Å²) in [4.78, 5) is 14.9. The molecule has 0 spiro atoms. The molecule has 0 bridgehead atoms. The molecular weight excluding hydrogens is 318 g/mol. The average Bonchev–Trinajstić information content (AvgIpc) is 2.89. The summed E-state index contributed by atoms with van der Waals surface area (Å²) in [5.74, 6) is 1.72. The van der Waals surface area contributed by atoms with E-state index in [9.17, 15) is 4.79 Å². The molecule has 2 aromatic rings. The van der Waals surface area contributed by atoms with Gasteiger partial charge in [-0.05, 0) is 31.0 Å². The van der Waals surface area contributed by atoms with Crippen LogP contribution in [0.25, 0.3) is 0 Å². The first-order valence-electron chi connectivity index (χ1n) is 8.47. The van der Waals surface area contributed by atoms with E-state index >= 15 is 0 Å². The molecule has 2 aromatic carbocycles. The maximum Gasteiger partial charge on any atom is 0.257 e. The lowest BCUT2D eigenvalue weighted by Crippen LogP contribution is -2.33. The van der Waals surface area contributed by atoms with Crippen molar-refractivity contribution >= 4 is 17.7 Å². The minimum absolute atomic E-state index is 0.0772. The molecule has 4 heteroatoms. The minimum Gasteiger partial charge on any atom is -0.493 e. The van der Waals surface area contributed by atoms with Gasteiger partial charge in [0.1, 0.15) is 5.75 Å². The SMILES string of the molecule is CCOc1ccccc1C(=O)N1CCSC(c2ccccc2)CC1. The first kappa shape index (κ1) is 16.9. The van der Waals surface area contributed by atoms with E-state index in [4.69, 9.17) is 4.74 Å². The highest BCUT2D eigenvalue weighted by atomic mass is 32.2. The van der Waals surface area contributed by atoms with Crippen LogP contribution in [0.1, 0.15) is 34.5 Å². The summed E-state index contributed by atoms with van der Waals surface area (Å²) in [6.45, 7) is 4.07. The second kappa shape index (κ2) is 8.25. The summed E-state index contributed by atoms with van der Waals surface area (Å²) in [5, 5.41) is 0.464. The van der Waals surface area contributed by atoms with Gasteiger partial charge < -0.3 is 9.64 Å². The fourth-order valence-electron chi connectivity index (χ4n) is 3.00. The van der Waals surface area contributed by atoms with Gasteiger partial charge in [-0.15, -0.1) is 0 Å². The Hall–Kier alpha value is -1.94. The second-order valence-electron chi connectivity index (χ2n) is 5.78. The predicted molar refractivity (Wildman–Crippen MR) is 99.8 cm³/mol. The van der Waals surface area contributed by atoms with Gasteiger partial charge in [0.25, 0.3) is 5.91 Å². The Kier molecular flexibility index (Phi) is 5.81. The van der Waals surface area contributed by atoms with Gasteiger partial charge in [0.15, 0.2) is 0 Å². The number of nitrogens with zero attached hydrogens (tertiary/aromatic N) is 1. The Morgan fingerprint density at radius 1 is 1.12 bits per heavy atom. The second-order valence-corrected chi connectivity index (χ2v) is 7.09. The third-order valence-corrected chi connectivity index (χ3v) is 5.55. The molecule has 1 aliphatic rings. The van der Waals surface area contributed by atoms with Crippen molar-refractivity contribution in [1.82, 2.24) is 4.90 Å². The Balaban J connectivity index is 1.71. The molecule has 1 atom stereocenters. The fourth-order valence-corrected chi connectivity index (χ4v) is 4.23. The van der Waals surface area contributed by atoms with Crippen molar-refractivity contribution in [2.24, 2.45) is 0 Å². The summed E-state index contributed by atoms with van der Waals surface area (Å²) in [5.41, 5.74) is 2.02. The van der Waals surface area contributed by atoms with E-state index in [0.717, 1.165) is 25.3 Å². The number of hydrogen-bond acceptors (Lipinski definition) is 3. The zero-order valence-electron chi connectivity index (χ0n) is 14.0. The lowest BCUT2D eigenvalue weighted by molar-refractivity contribution is 0.0762. The average molecular weight is 341 g/mol. The van der Waals surface area contributed by atoms with E-state index in [1.165, 1.54) is 5.56 Å². The van der Waals surface area contributed by atoms with Crippen molar-refractivity contribution in [3.63, 3.8) is 0 Å². The van der Waals surface area contributed by atoms with Crippen LogP contribution in [-0.4, -0.2) is 36.3 Å². The van der Waals surface area contributed by atoms with Crippen LogP contribution in [0.3, 0.4) is 0 Å². The summed E-state index contributed by atoms with van der Waals surface area (Å²) in [6, 6.07) is 18.1. The van der Waals surface area contributed by atoms with Crippen LogP contribution in [0.4, 0.5) is 0 Å². The van der Waals surface area contributed by atoms with Gasteiger partial charge in [-0.1, -0.05) is 42.5 Å². The molecule has 126 valence electrons. The highest BCUT2D eigenvalue weighted by molar-refractivity contribution is 7.99. The van der Waals surface area contributed by atoms with Crippen LogP contribution in [-0.2, 0) is 0 Å².